The summed E-state index contributed by atoms with van der Waals surface area (Å²) in [6, 6.07) is 13.3. The largest absolute Gasteiger partial charge is 0.355 e. The summed E-state index contributed by atoms with van der Waals surface area (Å²) in [5, 5.41) is 2.79. The quantitative estimate of drug-likeness (QED) is 0.490. The summed E-state index contributed by atoms with van der Waals surface area (Å²) in [7, 11) is -3.46. The van der Waals surface area contributed by atoms with Crippen molar-refractivity contribution in [2.24, 2.45) is 0 Å². The Balaban J connectivity index is 1.32. The first kappa shape index (κ1) is 24.3. The molecule has 3 aromatic rings. The maximum absolute atomic E-state index is 13.6. The van der Waals surface area contributed by atoms with E-state index in [1.807, 2.05) is 0 Å². The molecular formula is C24H28F2N4O3S. The van der Waals surface area contributed by atoms with Crippen LogP contribution < -0.4 is 5.32 Å². The normalized spacial score (nSPS) is 15.8. The van der Waals surface area contributed by atoms with Crippen LogP contribution in [0.4, 0.5) is 8.78 Å². The number of hydrogen-bond donors (Lipinski definition) is 1. The van der Waals surface area contributed by atoms with Crippen LogP contribution in [0.1, 0.15) is 50.0 Å². The zero-order valence-electron chi connectivity index (χ0n) is 19.0. The van der Waals surface area contributed by atoms with Gasteiger partial charge in [-0.15, -0.1) is 0 Å². The number of sulfonamides is 1. The maximum atomic E-state index is 13.6. The van der Waals surface area contributed by atoms with Gasteiger partial charge in [0.1, 0.15) is 5.82 Å². The van der Waals surface area contributed by atoms with Crippen LogP contribution in [0.2, 0.25) is 0 Å². The van der Waals surface area contributed by atoms with Crippen molar-refractivity contribution in [1.82, 2.24) is 19.2 Å². The van der Waals surface area contributed by atoms with E-state index in [1.54, 1.807) is 55.5 Å². The number of benzene rings is 2. The first-order valence-electron chi connectivity index (χ1n) is 11.4. The van der Waals surface area contributed by atoms with E-state index in [0.29, 0.717) is 30.5 Å². The van der Waals surface area contributed by atoms with Crippen LogP contribution in [0, 0.1) is 0 Å². The van der Waals surface area contributed by atoms with Gasteiger partial charge in [0.2, 0.25) is 15.9 Å². The molecule has 10 heteroatoms. The minimum Gasteiger partial charge on any atom is -0.355 e. The van der Waals surface area contributed by atoms with E-state index in [-0.39, 0.29) is 29.6 Å². The second-order valence-electron chi connectivity index (χ2n) is 8.57. The fraction of sp³-hybridized carbons (Fsp3) is 0.417. The minimum atomic E-state index is -3.46. The van der Waals surface area contributed by atoms with Gasteiger partial charge in [0.15, 0.2) is 0 Å². The van der Waals surface area contributed by atoms with Gasteiger partial charge in [-0.25, -0.2) is 13.4 Å². The summed E-state index contributed by atoms with van der Waals surface area (Å²) in [6.45, 7) is 0.312. The summed E-state index contributed by atoms with van der Waals surface area (Å²) >= 11 is 0. The topological polar surface area (TPSA) is 84.3 Å². The highest BCUT2D eigenvalue weighted by molar-refractivity contribution is 7.89. The van der Waals surface area contributed by atoms with Crippen LogP contribution in [0.25, 0.3) is 11.0 Å². The highest BCUT2D eigenvalue weighted by Crippen LogP contribution is 2.27. The number of para-hydroxylation sites is 2. The van der Waals surface area contributed by atoms with Gasteiger partial charge in [0.05, 0.1) is 15.9 Å². The number of amides is 1. The van der Waals surface area contributed by atoms with Crippen LogP contribution in [0.15, 0.2) is 53.4 Å². The van der Waals surface area contributed by atoms with Gasteiger partial charge in [-0.2, -0.15) is 13.1 Å². The number of carbonyl (C=O) groups excluding carboxylic acids is 1. The number of carbonyl (C=O) groups is 1. The molecule has 0 radical (unpaired) electrons. The highest BCUT2D eigenvalue weighted by atomic mass is 32.2. The molecule has 1 aliphatic heterocycles. The van der Waals surface area contributed by atoms with E-state index in [4.69, 9.17) is 0 Å². The predicted octanol–water partition coefficient (Wildman–Crippen LogP) is 4.07. The lowest BCUT2D eigenvalue weighted by Gasteiger charge is -2.16. The molecule has 182 valence electrons. The fourth-order valence-corrected chi connectivity index (χ4v) is 5.74. The van der Waals surface area contributed by atoms with Crippen molar-refractivity contribution >= 4 is 27.0 Å². The molecule has 1 saturated heterocycles. The molecule has 0 bridgehead atoms. The number of nitrogens with zero attached hydrogens (tertiary/aromatic N) is 3. The van der Waals surface area contributed by atoms with E-state index in [9.17, 15) is 22.0 Å². The molecule has 0 saturated carbocycles. The summed E-state index contributed by atoms with van der Waals surface area (Å²) < 4.78 is 54.9. The van der Waals surface area contributed by atoms with Crippen molar-refractivity contribution in [3.05, 3.63) is 59.9 Å². The third-order valence-electron chi connectivity index (χ3n) is 6.13. The second-order valence-corrected chi connectivity index (χ2v) is 10.5. The highest BCUT2D eigenvalue weighted by Gasteiger charge is 2.27. The number of aromatic nitrogens is 2. The van der Waals surface area contributed by atoms with Crippen molar-refractivity contribution in [2.45, 2.75) is 50.0 Å². The summed E-state index contributed by atoms with van der Waals surface area (Å²) in [5.74, 6) is -0.382. The monoisotopic (exact) mass is 490 g/mol. The SMILES string of the molecule is C[C@H](CNC(=O)CCc1ccc(S(=O)(=O)N2CCCC2)cc1)c1nc2ccccc2n1C(F)F. The fourth-order valence-electron chi connectivity index (χ4n) is 4.23. The minimum absolute atomic E-state index is 0.182. The Morgan fingerprint density at radius 1 is 1.09 bits per heavy atom. The Morgan fingerprint density at radius 2 is 1.76 bits per heavy atom. The summed E-state index contributed by atoms with van der Waals surface area (Å²) in [5.41, 5.74) is 1.70. The van der Waals surface area contributed by atoms with E-state index in [2.05, 4.69) is 10.3 Å². The van der Waals surface area contributed by atoms with Crippen LogP contribution in [-0.4, -0.2) is 47.8 Å². The molecule has 0 spiro atoms. The average Bonchev–Trinajstić information content (AvgIpc) is 3.50. The lowest BCUT2D eigenvalue weighted by Crippen LogP contribution is -2.29. The molecule has 1 aliphatic rings. The number of imidazole rings is 1. The van der Waals surface area contributed by atoms with Gasteiger partial charge in [-0.3, -0.25) is 9.36 Å². The Kier molecular flexibility index (Phi) is 7.27. The van der Waals surface area contributed by atoms with E-state index >= 15 is 0 Å². The second kappa shape index (κ2) is 10.2. The van der Waals surface area contributed by atoms with Crippen LogP contribution in [0.3, 0.4) is 0 Å². The van der Waals surface area contributed by atoms with Gasteiger partial charge in [-0.05, 0) is 49.1 Å². The van der Waals surface area contributed by atoms with Crippen molar-refractivity contribution in [1.29, 1.82) is 0 Å². The third-order valence-corrected chi connectivity index (χ3v) is 8.04. The summed E-state index contributed by atoms with van der Waals surface area (Å²) in [4.78, 5) is 17.0. The van der Waals surface area contributed by atoms with Crippen molar-refractivity contribution in [2.75, 3.05) is 19.6 Å². The molecule has 1 N–H and O–H groups in total. The number of nitrogens with one attached hydrogen (secondary N) is 1. The van der Waals surface area contributed by atoms with Crippen molar-refractivity contribution < 1.29 is 22.0 Å². The molecule has 4 rings (SSSR count). The zero-order valence-corrected chi connectivity index (χ0v) is 19.8. The molecular weight excluding hydrogens is 462 g/mol. The zero-order chi connectivity index (χ0) is 24.3. The van der Waals surface area contributed by atoms with Crippen LogP contribution in [0.5, 0.6) is 0 Å². The molecule has 34 heavy (non-hydrogen) atoms. The molecule has 1 amide bonds. The Labute approximate surface area is 197 Å². The smallest absolute Gasteiger partial charge is 0.320 e. The van der Waals surface area contributed by atoms with Gasteiger partial charge in [0.25, 0.3) is 0 Å². The molecule has 2 heterocycles. The van der Waals surface area contributed by atoms with Crippen LogP contribution in [-0.2, 0) is 21.2 Å². The molecule has 2 aromatic carbocycles. The van der Waals surface area contributed by atoms with Crippen molar-refractivity contribution in [3.8, 4) is 0 Å². The van der Waals surface area contributed by atoms with Gasteiger partial charge < -0.3 is 5.32 Å². The first-order chi connectivity index (χ1) is 16.3. The maximum Gasteiger partial charge on any atom is 0.320 e. The number of hydrogen-bond acceptors (Lipinski definition) is 4. The lowest BCUT2D eigenvalue weighted by molar-refractivity contribution is -0.121. The Morgan fingerprint density at radius 3 is 2.44 bits per heavy atom. The van der Waals surface area contributed by atoms with Crippen molar-refractivity contribution in [3.63, 3.8) is 0 Å². The molecule has 1 aromatic heterocycles. The average molecular weight is 491 g/mol. The van der Waals surface area contributed by atoms with Gasteiger partial charge >= 0.3 is 6.55 Å². The Bertz CT molecular complexity index is 1250. The number of rotatable bonds is 9. The molecule has 0 unspecified atom stereocenters. The Hall–Kier alpha value is -2.85. The number of fused-ring (bicyclic) bond motifs is 1. The number of aryl methyl sites for hydroxylation is 1. The molecule has 0 aliphatic carbocycles. The lowest BCUT2D eigenvalue weighted by atomic mass is 10.1. The van der Waals surface area contributed by atoms with Gasteiger partial charge in [0, 0.05) is 32.0 Å². The van der Waals surface area contributed by atoms with E-state index in [0.717, 1.165) is 23.0 Å². The number of alkyl halides is 2. The molecule has 1 atom stereocenters. The molecule has 7 nitrogen and oxygen atoms in total. The first-order valence-corrected chi connectivity index (χ1v) is 12.8. The van der Waals surface area contributed by atoms with Crippen LogP contribution >= 0.6 is 0 Å². The molecule has 1 fully saturated rings. The van der Waals surface area contributed by atoms with E-state index < -0.39 is 22.5 Å². The summed E-state index contributed by atoms with van der Waals surface area (Å²) in [6.07, 6.45) is 2.41. The van der Waals surface area contributed by atoms with E-state index in [1.165, 1.54) is 4.31 Å². The third kappa shape index (κ3) is 5.12. The number of halogens is 2. The standard InChI is InChI=1S/C24H28F2N4O3S/c1-17(23-28-20-6-2-3-7-21(20)30(23)24(25)26)16-27-22(31)13-10-18-8-11-19(12-9-18)34(32,33)29-14-4-5-15-29/h2-3,6-9,11-12,17,24H,4-5,10,13-16H2,1H3,(H,27,31)/t17-/m1/s1. The van der Waals surface area contributed by atoms with Gasteiger partial charge in [-0.1, -0.05) is 31.2 Å². The predicted molar refractivity (Wildman–Crippen MR) is 125 cm³/mol.